The van der Waals surface area contributed by atoms with E-state index in [2.05, 4.69) is 173 Å². The number of para-hydroxylation sites is 5. The molecule has 0 aliphatic carbocycles. The van der Waals surface area contributed by atoms with Crippen LogP contribution in [0, 0.1) is 0 Å². The van der Waals surface area contributed by atoms with E-state index in [0.717, 1.165) is 82.5 Å². The standard InChI is InChI=1S/C48H28N4O/c1-2-15-31(16-3-1)51-41-23-10-7-17-32(41)37-27-38-33-18-8-11-24-42(33)52(44(38)28-43(37)51)48-49-40-22-9-6-19-35(40)46(50-48)36-21-12-20-34-39-25-29-13-4-5-14-30(29)26-45(39)53-47(34)36/h1-28H. The highest BCUT2D eigenvalue weighted by Gasteiger charge is 2.22. The van der Waals surface area contributed by atoms with E-state index in [9.17, 15) is 0 Å². The van der Waals surface area contributed by atoms with Crippen molar-refractivity contribution in [1.29, 1.82) is 0 Å². The van der Waals surface area contributed by atoms with Crippen molar-refractivity contribution in [2.75, 3.05) is 0 Å². The largest absolute Gasteiger partial charge is 0.455 e. The predicted molar refractivity (Wildman–Crippen MR) is 218 cm³/mol. The van der Waals surface area contributed by atoms with E-state index in [4.69, 9.17) is 14.4 Å². The highest BCUT2D eigenvalue weighted by Crippen LogP contribution is 2.42. The van der Waals surface area contributed by atoms with Gasteiger partial charge in [0.05, 0.1) is 33.3 Å². The van der Waals surface area contributed by atoms with Gasteiger partial charge in [-0.3, -0.25) is 4.57 Å². The Morgan fingerprint density at radius 2 is 1.02 bits per heavy atom. The van der Waals surface area contributed by atoms with Crippen LogP contribution in [0.4, 0.5) is 0 Å². The van der Waals surface area contributed by atoms with Crippen molar-refractivity contribution in [3.63, 3.8) is 0 Å². The molecule has 0 saturated carbocycles. The molecule has 0 amide bonds. The van der Waals surface area contributed by atoms with E-state index in [0.29, 0.717) is 5.95 Å². The summed E-state index contributed by atoms with van der Waals surface area (Å²) in [6.45, 7) is 0. The highest BCUT2D eigenvalue weighted by atomic mass is 16.3. The van der Waals surface area contributed by atoms with Crippen LogP contribution < -0.4 is 0 Å². The summed E-state index contributed by atoms with van der Waals surface area (Å²) in [7, 11) is 0. The van der Waals surface area contributed by atoms with Gasteiger partial charge < -0.3 is 8.98 Å². The van der Waals surface area contributed by atoms with Crippen molar-refractivity contribution in [3.8, 4) is 22.9 Å². The number of hydrogen-bond donors (Lipinski definition) is 0. The topological polar surface area (TPSA) is 48.8 Å². The van der Waals surface area contributed by atoms with Gasteiger partial charge in [-0.2, -0.15) is 0 Å². The smallest absolute Gasteiger partial charge is 0.235 e. The predicted octanol–water partition coefficient (Wildman–Crippen LogP) is 12.5. The summed E-state index contributed by atoms with van der Waals surface area (Å²) >= 11 is 0. The van der Waals surface area contributed by atoms with Gasteiger partial charge in [-0.15, -0.1) is 0 Å². The first kappa shape index (κ1) is 28.5. The van der Waals surface area contributed by atoms with Gasteiger partial charge in [0.1, 0.15) is 11.2 Å². The third-order valence-electron chi connectivity index (χ3n) is 10.9. The minimum absolute atomic E-state index is 0.616. The lowest BCUT2D eigenvalue weighted by Gasteiger charge is -2.12. The Kier molecular flexibility index (Phi) is 5.71. The highest BCUT2D eigenvalue weighted by molar-refractivity contribution is 6.19. The fourth-order valence-corrected chi connectivity index (χ4v) is 8.54. The lowest BCUT2D eigenvalue weighted by atomic mass is 10.0. The van der Waals surface area contributed by atoms with Crippen LogP contribution in [0.25, 0.3) is 110 Å². The maximum atomic E-state index is 6.73. The molecular weight excluding hydrogens is 649 g/mol. The number of benzene rings is 8. The molecule has 0 saturated heterocycles. The molecule has 0 unspecified atom stereocenters. The fraction of sp³-hybridized carbons (Fsp3) is 0. The second-order valence-electron chi connectivity index (χ2n) is 13.8. The summed E-state index contributed by atoms with van der Waals surface area (Å²) in [5, 5.41) is 10.2. The van der Waals surface area contributed by atoms with Crippen molar-refractivity contribution >= 4 is 87.2 Å². The van der Waals surface area contributed by atoms with Crippen molar-refractivity contribution in [2.45, 2.75) is 0 Å². The molecule has 0 aliphatic rings. The van der Waals surface area contributed by atoms with Crippen LogP contribution in [0.1, 0.15) is 0 Å². The normalized spacial score (nSPS) is 12.2. The van der Waals surface area contributed by atoms with Gasteiger partial charge in [-0.05, 0) is 71.4 Å². The van der Waals surface area contributed by atoms with Crippen LogP contribution in [-0.4, -0.2) is 19.1 Å². The summed E-state index contributed by atoms with van der Waals surface area (Å²) in [5.74, 6) is 0.616. The minimum Gasteiger partial charge on any atom is -0.455 e. The van der Waals surface area contributed by atoms with Crippen LogP contribution in [0.5, 0.6) is 0 Å². The molecule has 5 nitrogen and oxygen atoms in total. The molecule has 0 aliphatic heterocycles. The zero-order valence-electron chi connectivity index (χ0n) is 28.4. The van der Waals surface area contributed by atoms with E-state index < -0.39 is 0 Å². The number of furan rings is 1. The quantitative estimate of drug-likeness (QED) is 0.187. The molecule has 12 rings (SSSR count). The first-order chi connectivity index (χ1) is 26.3. The molecule has 4 heterocycles. The van der Waals surface area contributed by atoms with Crippen LogP contribution in [-0.2, 0) is 0 Å². The van der Waals surface area contributed by atoms with E-state index in [1.165, 1.54) is 21.7 Å². The van der Waals surface area contributed by atoms with Crippen LogP contribution in [0.2, 0.25) is 0 Å². The second-order valence-corrected chi connectivity index (χ2v) is 13.8. The molecule has 5 heteroatoms. The Hall–Kier alpha value is -7.24. The van der Waals surface area contributed by atoms with Crippen molar-refractivity contribution in [1.82, 2.24) is 19.1 Å². The average Bonchev–Trinajstić information content (AvgIpc) is 3.86. The Balaban J connectivity index is 1.18. The fourth-order valence-electron chi connectivity index (χ4n) is 8.54. The van der Waals surface area contributed by atoms with Gasteiger partial charge in [0, 0.05) is 49.0 Å². The molecule has 4 aromatic heterocycles. The second kappa shape index (κ2) is 10.6. The van der Waals surface area contributed by atoms with Gasteiger partial charge in [-0.1, -0.05) is 109 Å². The van der Waals surface area contributed by atoms with E-state index >= 15 is 0 Å². The summed E-state index contributed by atoms with van der Waals surface area (Å²) in [5.41, 5.74) is 9.87. The van der Waals surface area contributed by atoms with Gasteiger partial charge in [0.15, 0.2) is 0 Å². The average molecular weight is 677 g/mol. The van der Waals surface area contributed by atoms with Gasteiger partial charge in [-0.25, -0.2) is 9.97 Å². The molecular formula is C48H28N4O. The molecule has 8 aromatic carbocycles. The molecule has 0 spiro atoms. The first-order valence-corrected chi connectivity index (χ1v) is 17.9. The minimum atomic E-state index is 0.616. The van der Waals surface area contributed by atoms with Crippen LogP contribution in [0.15, 0.2) is 174 Å². The van der Waals surface area contributed by atoms with Crippen molar-refractivity contribution in [3.05, 3.63) is 170 Å². The SMILES string of the molecule is c1ccc(-n2c3ccccc3c3cc4c5ccccc5n(-c5nc(-c6cccc7c6oc6cc8ccccc8cc67)c6ccccc6n5)c4cc32)cc1. The zero-order valence-corrected chi connectivity index (χ0v) is 28.4. The Morgan fingerprint density at radius 3 is 1.81 bits per heavy atom. The first-order valence-electron chi connectivity index (χ1n) is 17.9. The lowest BCUT2D eigenvalue weighted by Crippen LogP contribution is -2.03. The summed E-state index contributed by atoms with van der Waals surface area (Å²) in [4.78, 5) is 10.8. The molecule has 0 radical (unpaired) electrons. The maximum absolute atomic E-state index is 6.73. The molecule has 0 atom stereocenters. The number of aromatic nitrogens is 4. The van der Waals surface area contributed by atoms with Crippen molar-refractivity contribution < 1.29 is 4.42 Å². The Morgan fingerprint density at radius 1 is 0.396 bits per heavy atom. The van der Waals surface area contributed by atoms with Crippen molar-refractivity contribution in [2.24, 2.45) is 0 Å². The van der Waals surface area contributed by atoms with Gasteiger partial charge >= 0.3 is 0 Å². The number of fused-ring (bicyclic) bond motifs is 11. The number of nitrogens with zero attached hydrogens (tertiary/aromatic N) is 4. The number of rotatable bonds is 3. The third-order valence-corrected chi connectivity index (χ3v) is 10.9. The summed E-state index contributed by atoms with van der Waals surface area (Å²) in [6.07, 6.45) is 0. The molecule has 0 bridgehead atoms. The monoisotopic (exact) mass is 676 g/mol. The maximum Gasteiger partial charge on any atom is 0.235 e. The summed E-state index contributed by atoms with van der Waals surface area (Å²) in [6, 6.07) is 60.0. The Labute approximate surface area is 302 Å². The van der Waals surface area contributed by atoms with Crippen LogP contribution in [0.3, 0.4) is 0 Å². The molecule has 12 aromatic rings. The van der Waals surface area contributed by atoms with E-state index in [-0.39, 0.29) is 0 Å². The molecule has 246 valence electrons. The van der Waals surface area contributed by atoms with E-state index in [1.807, 2.05) is 6.07 Å². The number of hydrogen-bond acceptors (Lipinski definition) is 3. The zero-order chi connectivity index (χ0) is 34.6. The molecule has 0 fully saturated rings. The Bertz CT molecular complexity index is 3460. The van der Waals surface area contributed by atoms with Gasteiger partial charge in [0.25, 0.3) is 0 Å². The van der Waals surface area contributed by atoms with Gasteiger partial charge in [0.2, 0.25) is 5.95 Å². The summed E-state index contributed by atoms with van der Waals surface area (Å²) < 4.78 is 11.3. The van der Waals surface area contributed by atoms with Crippen LogP contribution >= 0.6 is 0 Å². The lowest BCUT2D eigenvalue weighted by molar-refractivity contribution is 0.670. The molecule has 53 heavy (non-hydrogen) atoms. The van der Waals surface area contributed by atoms with E-state index in [1.54, 1.807) is 0 Å². The third kappa shape index (κ3) is 4.02. The molecule has 0 N–H and O–H groups in total.